The number of aromatic nitrogens is 3. The summed E-state index contributed by atoms with van der Waals surface area (Å²) in [6, 6.07) is 8.72. The number of carbonyl (C=O) groups excluding carboxylic acids is 2. The summed E-state index contributed by atoms with van der Waals surface area (Å²) in [6.07, 6.45) is -0.276. The van der Waals surface area contributed by atoms with Gasteiger partial charge in [-0.25, -0.2) is 9.18 Å². The Kier molecular flexibility index (Phi) is 6.35. The lowest BCUT2D eigenvalue weighted by molar-refractivity contribution is -0.137. The van der Waals surface area contributed by atoms with Gasteiger partial charge in [0.2, 0.25) is 5.91 Å². The number of pyridine rings is 2. The minimum absolute atomic E-state index is 0.0232. The first-order valence-electron chi connectivity index (χ1n) is 11.4. The molecule has 3 heterocycles. The van der Waals surface area contributed by atoms with Crippen LogP contribution >= 0.6 is 0 Å². The van der Waals surface area contributed by atoms with Crippen molar-refractivity contribution in [1.29, 1.82) is 0 Å². The maximum Gasteiger partial charge on any atom is 0.418 e. The van der Waals surface area contributed by atoms with Crippen LogP contribution in [0.5, 0.6) is 5.75 Å². The molecular weight excluding hydrogens is 508 g/mol. The minimum atomic E-state index is -4.74. The van der Waals surface area contributed by atoms with Crippen molar-refractivity contribution in [3.63, 3.8) is 0 Å². The van der Waals surface area contributed by atoms with Crippen molar-refractivity contribution in [3.05, 3.63) is 78.1 Å². The zero-order chi connectivity index (χ0) is 26.9. The van der Waals surface area contributed by atoms with Crippen LogP contribution in [0.2, 0.25) is 0 Å². The molecule has 1 aromatic carbocycles. The Balaban J connectivity index is 1.15. The summed E-state index contributed by atoms with van der Waals surface area (Å²) < 4.78 is 58.2. The Morgan fingerprint density at radius 2 is 1.87 bits per heavy atom. The fourth-order valence-electron chi connectivity index (χ4n) is 3.79. The Bertz CT molecular complexity index is 1500. The summed E-state index contributed by atoms with van der Waals surface area (Å²) in [6.45, 7) is 0.0232. The van der Waals surface area contributed by atoms with E-state index in [4.69, 9.17) is 4.74 Å². The lowest BCUT2D eigenvalue weighted by Gasteiger charge is -2.17. The zero-order valence-electron chi connectivity index (χ0n) is 19.5. The van der Waals surface area contributed by atoms with E-state index in [2.05, 4.69) is 30.9 Å². The van der Waals surface area contributed by atoms with Gasteiger partial charge in [-0.1, -0.05) is 0 Å². The van der Waals surface area contributed by atoms with Crippen molar-refractivity contribution < 1.29 is 31.9 Å². The number of halogens is 4. The summed E-state index contributed by atoms with van der Waals surface area (Å²) in [7, 11) is 0. The number of amides is 2. The standard InChI is InChI=1S/C25H20F4N6O3/c26-14-1-4-19(18(9-14)25(27,28)29)34-16-3-2-15(31-12-16)11-33-22(36)24(6-7-24)35-23(37)38-17-10-21-20(32-13-17)5-8-30-21/h1-5,8-10,12-13,30,34H,6-7,11H2,(H,33,36)(H,35,37). The molecule has 0 aliphatic heterocycles. The van der Waals surface area contributed by atoms with Gasteiger partial charge in [-0.3, -0.25) is 14.8 Å². The first kappa shape index (κ1) is 25.0. The van der Waals surface area contributed by atoms with E-state index < -0.39 is 35.1 Å². The number of fused-ring (bicyclic) bond motifs is 1. The van der Waals surface area contributed by atoms with Gasteiger partial charge in [0, 0.05) is 12.3 Å². The Morgan fingerprint density at radius 1 is 1.05 bits per heavy atom. The molecule has 0 saturated heterocycles. The molecule has 1 fully saturated rings. The van der Waals surface area contributed by atoms with E-state index in [1.54, 1.807) is 18.3 Å². The van der Waals surface area contributed by atoms with Crippen LogP contribution in [0.25, 0.3) is 11.0 Å². The summed E-state index contributed by atoms with van der Waals surface area (Å²) in [5.41, 5.74) is -0.472. The van der Waals surface area contributed by atoms with Crippen LogP contribution in [0.4, 0.5) is 33.7 Å². The number of benzene rings is 1. The van der Waals surface area contributed by atoms with Crippen LogP contribution in [0.15, 0.2) is 61.1 Å². The predicted molar refractivity (Wildman–Crippen MR) is 128 cm³/mol. The molecule has 0 unspecified atom stereocenters. The maximum atomic E-state index is 13.3. The number of aromatic amines is 1. The molecule has 0 atom stereocenters. The second-order valence-corrected chi connectivity index (χ2v) is 8.71. The molecule has 2 amide bonds. The van der Waals surface area contributed by atoms with Crippen molar-refractivity contribution in [1.82, 2.24) is 25.6 Å². The lowest BCUT2D eigenvalue weighted by atomic mass is 10.1. The predicted octanol–water partition coefficient (Wildman–Crippen LogP) is 4.80. The van der Waals surface area contributed by atoms with Gasteiger partial charge in [-0.05, 0) is 49.2 Å². The number of nitrogens with zero attached hydrogens (tertiary/aromatic N) is 2. The summed E-state index contributed by atoms with van der Waals surface area (Å²) >= 11 is 0. The highest BCUT2D eigenvalue weighted by atomic mass is 19.4. The second-order valence-electron chi connectivity index (χ2n) is 8.71. The molecule has 0 radical (unpaired) electrons. The molecule has 1 saturated carbocycles. The van der Waals surface area contributed by atoms with E-state index in [9.17, 15) is 27.2 Å². The molecule has 0 spiro atoms. The van der Waals surface area contributed by atoms with Crippen molar-refractivity contribution in [2.45, 2.75) is 31.1 Å². The zero-order valence-corrected chi connectivity index (χ0v) is 19.5. The quantitative estimate of drug-likeness (QED) is 0.256. The van der Waals surface area contributed by atoms with Crippen LogP contribution in [-0.2, 0) is 17.5 Å². The first-order chi connectivity index (χ1) is 18.1. The number of H-pyrrole nitrogens is 1. The number of carbonyl (C=O) groups is 2. The van der Waals surface area contributed by atoms with Crippen molar-refractivity contribution in [2.24, 2.45) is 0 Å². The van der Waals surface area contributed by atoms with Crippen LogP contribution in [-0.4, -0.2) is 32.5 Å². The molecule has 4 aromatic rings. The van der Waals surface area contributed by atoms with E-state index >= 15 is 0 Å². The highest BCUT2D eigenvalue weighted by Crippen LogP contribution is 2.37. The number of ether oxygens (including phenoxy) is 1. The van der Waals surface area contributed by atoms with Gasteiger partial charge in [0.05, 0.1) is 52.6 Å². The van der Waals surface area contributed by atoms with Gasteiger partial charge in [0.1, 0.15) is 11.4 Å². The molecule has 3 aromatic heterocycles. The smallest absolute Gasteiger partial charge is 0.409 e. The van der Waals surface area contributed by atoms with Crippen molar-refractivity contribution in [2.75, 3.05) is 5.32 Å². The molecule has 38 heavy (non-hydrogen) atoms. The molecular formula is C25H20F4N6O3. The average molecular weight is 528 g/mol. The third kappa shape index (κ3) is 5.51. The number of nitrogens with one attached hydrogen (secondary N) is 4. The molecule has 1 aliphatic carbocycles. The molecule has 196 valence electrons. The van der Waals surface area contributed by atoms with E-state index in [1.807, 2.05) is 0 Å². The summed E-state index contributed by atoms with van der Waals surface area (Å²) in [5, 5.41) is 7.87. The summed E-state index contributed by atoms with van der Waals surface area (Å²) in [5.74, 6) is -1.20. The highest BCUT2D eigenvalue weighted by Gasteiger charge is 2.51. The Morgan fingerprint density at radius 3 is 2.58 bits per heavy atom. The highest BCUT2D eigenvalue weighted by molar-refractivity contribution is 5.93. The van der Waals surface area contributed by atoms with Crippen LogP contribution in [0.1, 0.15) is 24.1 Å². The molecule has 0 bridgehead atoms. The third-order valence-corrected chi connectivity index (χ3v) is 5.93. The third-order valence-electron chi connectivity index (χ3n) is 5.93. The summed E-state index contributed by atoms with van der Waals surface area (Å²) in [4.78, 5) is 36.3. The largest absolute Gasteiger partial charge is 0.418 e. The monoisotopic (exact) mass is 528 g/mol. The maximum absolute atomic E-state index is 13.3. The van der Waals surface area contributed by atoms with E-state index in [-0.39, 0.29) is 23.7 Å². The van der Waals surface area contributed by atoms with E-state index in [1.165, 1.54) is 24.5 Å². The normalized spacial score (nSPS) is 14.1. The van der Waals surface area contributed by atoms with Crippen LogP contribution in [0.3, 0.4) is 0 Å². The number of rotatable bonds is 7. The Labute approximate surface area is 212 Å². The lowest BCUT2D eigenvalue weighted by Crippen LogP contribution is -2.49. The number of hydrogen-bond acceptors (Lipinski definition) is 6. The molecule has 9 nitrogen and oxygen atoms in total. The SMILES string of the molecule is O=C(NC1(C(=O)NCc2ccc(Nc3ccc(F)cc3C(F)(F)F)cn2)CC1)Oc1cnc2cc[nH]c2c1. The average Bonchev–Trinajstić information content (AvgIpc) is 3.50. The topological polar surface area (TPSA) is 121 Å². The number of anilines is 2. The number of hydrogen-bond donors (Lipinski definition) is 4. The van der Waals surface area contributed by atoms with Gasteiger partial charge in [-0.2, -0.15) is 13.2 Å². The molecule has 5 rings (SSSR count). The molecule has 1 aliphatic rings. The first-order valence-corrected chi connectivity index (χ1v) is 11.4. The van der Waals surface area contributed by atoms with Gasteiger partial charge in [0.15, 0.2) is 5.75 Å². The van der Waals surface area contributed by atoms with Crippen molar-refractivity contribution in [3.8, 4) is 5.75 Å². The second kappa shape index (κ2) is 9.65. The fourth-order valence-corrected chi connectivity index (χ4v) is 3.79. The van der Waals surface area contributed by atoms with Gasteiger partial charge < -0.3 is 25.7 Å². The van der Waals surface area contributed by atoms with E-state index in [0.29, 0.717) is 30.1 Å². The van der Waals surface area contributed by atoms with Crippen LogP contribution in [0, 0.1) is 5.82 Å². The molecule has 13 heteroatoms. The molecule has 4 N–H and O–H groups in total. The Hall–Kier alpha value is -4.68. The van der Waals surface area contributed by atoms with Gasteiger partial charge in [-0.15, -0.1) is 0 Å². The number of alkyl halides is 3. The van der Waals surface area contributed by atoms with Gasteiger partial charge >= 0.3 is 12.3 Å². The van der Waals surface area contributed by atoms with Gasteiger partial charge in [0.25, 0.3) is 0 Å². The van der Waals surface area contributed by atoms with Crippen molar-refractivity contribution >= 4 is 34.4 Å². The minimum Gasteiger partial charge on any atom is -0.409 e. The fraction of sp³-hybridized carbons (Fsp3) is 0.200. The van der Waals surface area contributed by atoms with Crippen LogP contribution < -0.4 is 20.7 Å². The van der Waals surface area contributed by atoms with E-state index in [0.717, 1.165) is 17.6 Å².